The zero-order valence-electron chi connectivity index (χ0n) is 12.2. The SMILES string of the molecule is Cc1cccc(C)c1C(CN)N1CCC(C)(C)C1. The van der Waals surface area contributed by atoms with Gasteiger partial charge in [-0.1, -0.05) is 32.0 Å². The molecule has 1 aliphatic rings. The first-order valence-electron chi connectivity index (χ1n) is 6.95. The highest BCUT2D eigenvalue weighted by atomic mass is 15.2. The molecule has 1 atom stereocenters. The van der Waals surface area contributed by atoms with E-state index in [9.17, 15) is 0 Å². The van der Waals surface area contributed by atoms with Crippen LogP contribution < -0.4 is 5.73 Å². The molecule has 1 aliphatic heterocycles. The fourth-order valence-electron chi connectivity index (χ4n) is 3.22. The van der Waals surface area contributed by atoms with Crippen LogP contribution in [0.25, 0.3) is 0 Å². The average molecular weight is 246 g/mol. The van der Waals surface area contributed by atoms with E-state index in [1.165, 1.54) is 29.7 Å². The van der Waals surface area contributed by atoms with Crippen LogP contribution in [-0.4, -0.2) is 24.5 Å². The summed E-state index contributed by atoms with van der Waals surface area (Å²) in [4.78, 5) is 2.56. The first kappa shape index (κ1) is 13.6. The molecule has 18 heavy (non-hydrogen) atoms. The number of hydrogen-bond acceptors (Lipinski definition) is 2. The lowest BCUT2D eigenvalue weighted by Crippen LogP contribution is -2.34. The Kier molecular flexibility index (Phi) is 3.79. The maximum absolute atomic E-state index is 6.07. The van der Waals surface area contributed by atoms with Crippen molar-refractivity contribution in [2.24, 2.45) is 11.1 Å². The fourth-order valence-corrected chi connectivity index (χ4v) is 3.22. The molecule has 1 fully saturated rings. The van der Waals surface area contributed by atoms with Gasteiger partial charge in [0.2, 0.25) is 0 Å². The molecule has 2 nitrogen and oxygen atoms in total. The van der Waals surface area contributed by atoms with Crippen LogP contribution in [0.15, 0.2) is 18.2 Å². The van der Waals surface area contributed by atoms with E-state index in [0.29, 0.717) is 18.0 Å². The Labute approximate surface area is 111 Å². The molecule has 2 rings (SSSR count). The molecular weight excluding hydrogens is 220 g/mol. The summed E-state index contributed by atoms with van der Waals surface area (Å²) in [5.74, 6) is 0. The molecule has 0 bridgehead atoms. The third kappa shape index (κ3) is 2.60. The van der Waals surface area contributed by atoms with Gasteiger partial charge in [0.1, 0.15) is 0 Å². The third-order valence-electron chi connectivity index (χ3n) is 4.25. The van der Waals surface area contributed by atoms with Crippen LogP contribution in [0, 0.1) is 19.3 Å². The summed E-state index contributed by atoms with van der Waals surface area (Å²) in [6.45, 7) is 12.1. The van der Waals surface area contributed by atoms with Gasteiger partial charge in [-0.2, -0.15) is 0 Å². The van der Waals surface area contributed by atoms with Crippen LogP contribution in [0.1, 0.15) is 43.0 Å². The Balaban J connectivity index is 2.29. The third-order valence-corrected chi connectivity index (χ3v) is 4.25. The zero-order chi connectivity index (χ0) is 13.3. The van der Waals surface area contributed by atoms with Crippen molar-refractivity contribution in [1.29, 1.82) is 0 Å². The van der Waals surface area contributed by atoms with Gasteiger partial charge in [0, 0.05) is 19.1 Å². The molecule has 0 spiro atoms. The summed E-state index contributed by atoms with van der Waals surface area (Å²) in [5.41, 5.74) is 10.7. The Morgan fingerprint density at radius 3 is 2.33 bits per heavy atom. The second kappa shape index (κ2) is 5.02. The van der Waals surface area contributed by atoms with E-state index >= 15 is 0 Å². The molecule has 0 aromatic heterocycles. The molecule has 0 radical (unpaired) electrons. The van der Waals surface area contributed by atoms with Gasteiger partial charge in [0.15, 0.2) is 0 Å². The smallest absolute Gasteiger partial charge is 0.0475 e. The summed E-state index contributed by atoms with van der Waals surface area (Å²) < 4.78 is 0. The minimum atomic E-state index is 0.382. The van der Waals surface area contributed by atoms with Crippen molar-refractivity contribution in [3.05, 3.63) is 34.9 Å². The topological polar surface area (TPSA) is 29.3 Å². The van der Waals surface area contributed by atoms with Crippen LogP contribution in [0.5, 0.6) is 0 Å². The van der Waals surface area contributed by atoms with Crippen molar-refractivity contribution >= 4 is 0 Å². The van der Waals surface area contributed by atoms with Crippen molar-refractivity contribution in [2.45, 2.75) is 40.2 Å². The largest absolute Gasteiger partial charge is 0.329 e. The first-order valence-corrected chi connectivity index (χ1v) is 6.95. The maximum Gasteiger partial charge on any atom is 0.0475 e. The molecule has 100 valence electrons. The van der Waals surface area contributed by atoms with Crippen molar-refractivity contribution in [3.63, 3.8) is 0 Å². The van der Waals surface area contributed by atoms with Gasteiger partial charge in [0.25, 0.3) is 0 Å². The Morgan fingerprint density at radius 2 is 1.89 bits per heavy atom. The minimum absolute atomic E-state index is 0.382. The number of nitrogens with two attached hydrogens (primary N) is 1. The molecule has 0 amide bonds. The van der Waals surface area contributed by atoms with Gasteiger partial charge in [-0.05, 0) is 48.9 Å². The second-order valence-electron chi connectivity index (χ2n) is 6.44. The molecule has 2 heteroatoms. The predicted molar refractivity (Wildman–Crippen MR) is 77.7 cm³/mol. The summed E-state index contributed by atoms with van der Waals surface area (Å²) >= 11 is 0. The van der Waals surface area contributed by atoms with E-state index < -0.39 is 0 Å². The number of benzene rings is 1. The van der Waals surface area contributed by atoms with Crippen LogP contribution in [0.4, 0.5) is 0 Å². The number of hydrogen-bond donors (Lipinski definition) is 1. The summed E-state index contributed by atoms with van der Waals surface area (Å²) in [5, 5.41) is 0. The lowest BCUT2D eigenvalue weighted by Gasteiger charge is -2.30. The van der Waals surface area contributed by atoms with Crippen molar-refractivity contribution < 1.29 is 0 Å². The van der Waals surface area contributed by atoms with E-state index in [0.717, 1.165) is 6.54 Å². The van der Waals surface area contributed by atoms with Crippen LogP contribution in [-0.2, 0) is 0 Å². The minimum Gasteiger partial charge on any atom is -0.329 e. The van der Waals surface area contributed by atoms with E-state index in [2.05, 4.69) is 50.8 Å². The quantitative estimate of drug-likeness (QED) is 0.888. The van der Waals surface area contributed by atoms with E-state index in [-0.39, 0.29) is 0 Å². The second-order valence-corrected chi connectivity index (χ2v) is 6.44. The van der Waals surface area contributed by atoms with Gasteiger partial charge in [-0.3, -0.25) is 4.90 Å². The number of rotatable bonds is 3. The molecule has 1 unspecified atom stereocenters. The standard InChI is InChI=1S/C16H26N2/c1-12-6-5-7-13(2)15(12)14(10-17)18-9-8-16(3,4)11-18/h5-7,14H,8-11,17H2,1-4H3. The normalized spacial score (nSPS) is 21.2. The van der Waals surface area contributed by atoms with Gasteiger partial charge in [-0.25, -0.2) is 0 Å². The van der Waals surface area contributed by atoms with Crippen LogP contribution in [0.2, 0.25) is 0 Å². The first-order chi connectivity index (χ1) is 8.44. The Morgan fingerprint density at radius 1 is 1.28 bits per heavy atom. The van der Waals surface area contributed by atoms with Gasteiger partial charge in [0.05, 0.1) is 0 Å². The van der Waals surface area contributed by atoms with Crippen molar-refractivity contribution in [2.75, 3.05) is 19.6 Å². The molecule has 1 aromatic rings. The molecule has 1 aromatic carbocycles. The van der Waals surface area contributed by atoms with Crippen LogP contribution in [0.3, 0.4) is 0 Å². The van der Waals surface area contributed by atoms with E-state index in [4.69, 9.17) is 5.73 Å². The molecule has 1 saturated heterocycles. The number of aryl methyl sites for hydroxylation is 2. The van der Waals surface area contributed by atoms with E-state index in [1.807, 2.05) is 0 Å². The molecule has 2 N–H and O–H groups in total. The van der Waals surface area contributed by atoms with Gasteiger partial charge >= 0.3 is 0 Å². The summed E-state index contributed by atoms with van der Waals surface area (Å²) in [6.07, 6.45) is 1.27. The Hall–Kier alpha value is -0.860. The molecule has 0 saturated carbocycles. The highest BCUT2D eigenvalue weighted by Gasteiger charge is 2.34. The average Bonchev–Trinajstić information content (AvgIpc) is 2.64. The molecular formula is C16H26N2. The number of nitrogens with zero attached hydrogens (tertiary/aromatic N) is 1. The van der Waals surface area contributed by atoms with E-state index in [1.54, 1.807) is 0 Å². The summed E-state index contributed by atoms with van der Waals surface area (Å²) in [7, 11) is 0. The van der Waals surface area contributed by atoms with Gasteiger partial charge < -0.3 is 5.73 Å². The maximum atomic E-state index is 6.07. The lowest BCUT2D eigenvalue weighted by atomic mass is 9.92. The zero-order valence-corrected chi connectivity index (χ0v) is 12.2. The fraction of sp³-hybridized carbons (Fsp3) is 0.625. The van der Waals surface area contributed by atoms with Crippen molar-refractivity contribution in [3.8, 4) is 0 Å². The Bertz CT molecular complexity index is 403. The highest BCUT2D eigenvalue weighted by molar-refractivity contribution is 5.36. The molecule has 0 aliphatic carbocycles. The monoisotopic (exact) mass is 246 g/mol. The predicted octanol–water partition coefficient (Wildman–Crippen LogP) is 3.04. The van der Waals surface area contributed by atoms with Gasteiger partial charge in [-0.15, -0.1) is 0 Å². The summed E-state index contributed by atoms with van der Waals surface area (Å²) in [6, 6.07) is 6.92. The molecule has 1 heterocycles. The van der Waals surface area contributed by atoms with Crippen LogP contribution >= 0.6 is 0 Å². The number of likely N-dealkylation sites (tertiary alicyclic amines) is 1. The van der Waals surface area contributed by atoms with Crippen molar-refractivity contribution in [1.82, 2.24) is 4.90 Å². The lowest BCUT2D eigenvalue weighted by molar-refractivity contribution is 0.222. The highest BCUT2D eigenvalue weighted by Crippen LogP contribution is 2.36.